The van der Waals surface area contributed by atoms with Crippen LogP contribution < -0.4 is 11.4 Å². The fraction of sp³-hybridized carbons (Fsp3) is 0.100. The molecule has 0 fully saturated rings. The second-order valence-corrected chi connectivity index (χ2v) is 3.33. The van der Waals surface area contributed by atoms with E-state index in [2.05, 4.69) is 4.98 Å². The highest BCUT2D eigenvalue weighted by Gasteiger charge is 2.08. The molecule has 0 radical (unpaired) electrons. The normalized spacial score (nSPS) is 10.2. The minimum Gasteiger partial charge on any atom is -0.368 e. The first-order valence-corrected chi connectivity index (χ1v) is 4.53. The van der Waals surface area contributed by atoms with Gasteiger partial charge in [0.05, 0.1) is 22.7 Å². The molecule has 1 heterocycles. The molecule has 0 spiro atoms. The van der Waals surface area contributed by atoms with Crippen LogP contribution in [0, 0.1) is 11.3 Å². The maximum atomic E-state index is 11.5. The van der Waals surface area contributed by atoms with Gasteiger partial charge in [0.25, 0.3) is 0 Å². The average molecular weight is 216 g/mol. The number of aromatic nitrogens is 2. The number of rotatable bonds is 2. The van der Waals surface area contributed by atoms with E-state index in [9.17, 15) is 9.59 Å². The van der Waals surface area contributed by atoms with Crippen LogP contribution >= 0.6 is 0 Å². The number of aromatic amines is 1. The lowest BCUT2D eigenvalue weighted by Crippen LogP contribution is -2.26. The Morgan fingerprint density at radius 3 is 2.94 bits per heavy atom. The van der Waals surface area contributed by atoms with Crippen LogP contribution in [-0.4, -0.2) is 15.5 Å². The minimum atomic E-state index is -0.590. The maximum Gasteiger partial charge on any atom is 0.326 e. The number of fused-ring (bicyclic) bond motifs is 1. The van der Waals surface area contributed by atoms with Crippen LogP contribution in [0.25, 0.3) is 11.0 Å². The summed E-state index contributed by atoms with van der Waals surface area (Å²) in [6, 6.07) is 6.70. The van der Waals surface area contributed by atoms with Crippen LogP contribution in [0.5, 0.6) is 0 Å². The number of hydrogen-bond acceptors (Lipinski definition) is 3. The zero-order chi connectivity index (χ0) is 11.7. The number of H-pyrrole nitrogens is 1. The van der Waals surface area contributed by atoms with Gasteiger partial charge >= 0.3 is 5.69 Å². The summed E-state index contributed by atoms with van der Waals surface area (Å²) < 4.78 is 1.23. The predicted octanol–water partition coefficient (Wildman–Crippen LogP) is -0.313. The van der Waals surface area contributed by atoms with Crippen LogP contribution in [0.2, 0.25) is 0 Å². The summed E-state index contributed by atoms with van der Waals surface area (Å²) in [5.74, 6) is -0.590. The van der Waals surface area contributed by atoms with E-state index in [4.69, 9.17) is 11.0 Å². The number of nitrogens with two attached hydrogens (primary N) is 1. The Morgan fingerprint density at radius 1 is 1.56 bits per heavy atom. The fourth-order valence-electron chi connectivity index (χ4n) is 1.55. The van der Waals surface area contributed by atoms with Gasteiger partial charge in [-0.05, 0) is 18.2 Å². The topological polar surface area (TPSA) is 105 Å². The van der Waals surface area contributed by atoms with Crippen molar-refractivity contribution in [3.05, 3.63) is 34.2 Å². The Morgan fingerprint density at radius 2 is 2.31 bits per heavy atom. The summed E-state index contributed by atoms with van der Waals surface area (Å²) in [6.07, 6.45) is 0. The van der Waals surface area contributed by atoms with E-state index in [1.165, 1.54) is 4.57 Å². The highest BCUT2D eigenvalue weighted by molar-refractivity contribution is 5.80. The SMILES string of the molecule is N#Cc1ccc2c(c1)[nH]c(=O)n2CC(N)=O. The van der Waals surface area contributed by atoms with Crippen LogP contribution in [0.4, 0.5) is 0 Å². The van der Waals surface area contributed by atoms with E-state index in [-0.39, 0.29) is 6.54 Å². The van der Waals surface area contributed by atoms with Crippen molar-refractivity contribution < 1.29 is 4.79 Å². The molecule has 1 amide bonds. The first-order chi connectivity index (χ1) is 7.61. The molecule has 0 unspecified atom stereocenters. The number of carbonyl (C=O) groups excluding carboxylic acids is 1. The first kappa shape index (κ1) is 9.98. The van der Waals surface area contributed by atoms with Gasteiger partial charge in [0, 0.05) is 0 Å². The summed E-state index contributed by atoms with van der Waals surface area (Å²) in [7, 11) is 0. The molecule has 0 aliphatic carbocycles. The summed E-state index contributed by atoms with van der Waals surface area (Å²) in [5.41, 5.74) is 6.14. The molecule has 3 N–H and O–H groups in total. The summed E-state index contributed by atoms with van der Waals surface area (Å²) >= 11 is 0. The van der Waals surface area contributed by atoms with Crippen molar-refractivity contribution in [2.45, 2.75) is 6.54 Å². The Balaban J connectivity index is 2.68. The van der Waals surface area contributed by atoms with Crippen LogP contribution in [0.3, 0.4) is 0 Å². The third kappa shape index (κ3) is 1.54. The molecule has 80 valence electrons. The number of nitriles is 1. The third-order valence-corrected chi connectivity index (χ3v) is 2.22. The van der Waals surface area contributed by atoms with Gasteiger partial charge in [0.2, 0.25) is 5.91 Å². The second-order valence-electron chi connectivity index (χ2n) is 3.33. The maximum absolute atomic E-state index is 11.5. The molecule has 0 saturated heterocycles. The van der Waals surface area contributed by atoms with Gasteiger partial charge in [-0.2, -0.15) is 5.26 Å². The number of benzene rings is 1. The number of hydrogen-bond donors (Lipinski definition) is 2. The van der Waals surface area contributed by atoms with Crippen molar-refractivity contribution in [2.24, 2.45) is 5.73 Å². The zero-order valence-electron chi connectivity index (χ0n) is 8.23. The van der Waals surface area contributed by atoms with Crippen LogP contribution in [0.1, 0.15) is 5.56 Å². The molecule has 6 heteroatoms. The summed E-state index contributed by atoms with van der Waals surface area (Å²) in [5, 5.41) is 8.70. The lowest BCUT2D eigenvalue weighted by Gasteiger charge is -1.98. The highest BCUT2D eigenvalue weighted by atomic mass is 16.2. The molecule has 0 aliphatic heterocycles. The first-order valence-electron chi connectivity index (χ1n) is 4.53. The van der Waals surface area contributed by atoms with Gasteiger partial charge in [0.15, 0.2) is 0 Å². The van der Waals surface area contributed by atoms with E-state index < -0.39 is 11.6 Å². The molecule has 16 heavy (non-hydrogen) atoms. The number of imidazole rings is 1. The van der Waals surface area contributed by atoms with E-state index >= 15 is 0 Å². The second kappa shape index (κ2) is 3.55. The van der Waals surface area contributed by atoms with Gasteiger partial charge in [-0.25, -0.2) is 4.79 Å². The van der Waals surface area contributed by atoms with Gasteiger partial charge in [-0.3, -0.25) is 9.36 Å². The zero-order valence-corrected chi connectivity index (χ0v) is 8.23. The van der Waals surface area contributed by atoms with Crippen molar-refractivity contribution in [3.8, 4) is 6.07 Å². The highest BCUT2D eigenvalue weighted by Crippen LogP contribution is 2.11. The molecular formula is C10H8N4O2. The Labute approximate surface area is 89.9 Å². The van der Waals surface area contributed by atoms with Gasteiger partial charge in [-0.15, -0.1) is 0 Å². The molecular weight excluding hydrogens is 208 g/mol. The fourth-order valence-corrected chi connectivity index (χ4v) is 1.55. The monoisotopic (exact) mass is 216 g/mol. The van der Waals surface area contributed by atoms with Crippen molar-refractivity contribution in [3.63, 3.8) is 0 Å². The van der Waals surface area contributed by atoms with E-state index in [0.29, 0.717) is 16.6 Å². The number of amides is 1. The lowest BCUT2D eigenvalue weighted by atomic mass is 10.2. The van der Waals surface area contributed by atoms with Crippen molar-refractivity contribution in [1.29, 1.82) is 5.26 Å². The summed E-state index contributed by atoms with van der Waals surface area (Å²) in [4.78, 5) is 24.8. The Bertz CT molecular complexity index is 659. The molecule has 2 aromatic rings. The van der Waals surface area contributed by atoms with Crippen molar-refractivity contribution in [2.75, 3.05) is 0 Å². The van der Waals surface area contributed by atoms with Gasteiger partial charge in [-0.1, -0.05) is 0 Å². The third-order valence-electron chi connectivity index (χ3n) is 2.22. The van der Waals surface area contributed by atoms with E-state index in [0.717, 1.165) is 0 Å². The molecule has 0 bridgehead atoms. The molecule has 0 aliphatic rings. The number of primary amides is 1. The van der Waals surface area contributed by atoms with Crippen molar-refractivity contribution >= 4 is 16.9 Å². The van der Waals surface area contributed by atoms with Gasteiger partial charge in [0.1, 0.15) is 6.54 Å². The Kier molecular flexibility index (Phi) is 2.21. The van der Waals surface area contributed by atoms with Crippen molar-refractivity contribution in [1.82, 2.24) is 9.55 Å². The minimum absolute atomic E-state index is 0.176. The van der Waals surface area contributed by atoms with E-state index in [1.807, 2.05) is 6.07 Å². The molecule has 0 atom stereocenters. The standard InChI is InChI=1S/C10H8N4O2/c11-4-6-1-2-8-7(3-6)13-10(16)14(8)5-9(12)15/h1-3H,5H2,(H2,12,15)(H,13,16). The van der Waals surface area contributed by atoms with Crippen LogP contribution in [0.15, 0.2) is 23.0 Å². The molecule has 1 aromatic carbocycles. The molecule has 0 saturated carbocycles. The number of nitrogens with zero attached hydrogens (tertiary/aromatic N) is 2. The lowest BCUT2D eigenvalue weighted by molar-refractivity contribution is -0.118. The van der Waals surface area contributed by atoms with E-state index in [1.54, 1.807) is 18.2 Å². The predicted molar refractivity (Wildman–Crippen MR) is 56.5 cm³/mol. The molecule has 2 rings (SSSR count). The van der Waals surface area contributed by atoms with Gasteiger partial charge < -0.3 is 10.7 Å². The Hall–Kier alpha value is -2.55. The molecule has 6 nitrogen and oxygen atoms in total. The number of nitrogens with one attached hydrogen (secondary N) is 1. The average Bonchev–Trinajstić information content (AvgIpc) is 2.54. The summed E-state index contributed by atoms with van der Waals surface area (Å²) in [6.45, 7) is -0.176. The smallest absolute Gasteiger partial charge is 0.326 e. The molecule has 1 aromatic heterocycles. The number of carbonyl (C=O) groups is 1. The van der Waals surface area contributed by atoms with Crippen LogP contribution in [-0.2, 0) is 11.3 Å². The largest absolute Gasteiger partial charge is 0.368 e. The quantitative estimate of drug-likeness (QED) is 0.719.